The van der Waals surface area contributed by atoms with E-state index in [4.69, 9.17) is 9.72 Å². The lowest BCUT2D eigenvalue weighted by Gasteiger charge is -2.24. The minimum atomic E-state index is -3.58. The number of benzene rings is 1. The van der Waals surface area contributed by atoms with Crippen LogP contribution in [-0.4, -0.2) is 64.6 Å². The van der Waals surface area contributed by atoms with Gasteiger partial charge in [0.1, 0.15) is 6.10 Å². The monoisotopic (exact) mass is 513 g/mol. The second kappa shape index (κ2) is 10.3. The summed E-state index contributed by atoms with van der Waals surface area (Å²) in [6.07, 6.45) is 5.58. The summed E-state index contributed by atoms with van der Waals surface area (Å²) in [5.74, 6) is 0.685. The average Bonchev–Trinajstić information content (AvgIpc) is 3.56. The van der Waals surface area contributed by atoms with Crippen LogP contribution in [-0.2, 0) is 10.0 Å². The van der Waals surface area contributed by atoms with E-state index in [1.807, 2.05) is 25.3 Å². The molecule has 2 aliphatic rings. The molecular formula is C25H35N7O3S. The molecule has 2 fully saturated rings. The highest BCUT2D eigenvalue weighted by atomic mass is 32.2. The summed E-state index contributed by atoms with van der Waals surface area (Å²) in [5, 5.41) is 11.3. The van der Waals surface area contributed by atoms with Gasteiger partial charge in [-0.3, -0.25) is 0 Å². The van der Waals surface area contributed by atoms with E-state index in [9.17, 15) is 8.42 Å². The zero-order chi connectivity index (χ0) is 25.3. The van der Waals surface area contributed by atoms with Crippen LogP contribution >= 0.6 is 0 Å². The third-order valence-electron chi connectivity index (χ3n) is 6.93. The van der Waals surface area contributed by atoms with Gasteiger partial charge >= 0.3 is 6.01 Å². The van der Waals surface area contributed by atoms with Crippen molar-refractivity contribution in [1.82, 2.24) is 29.2 Å². The molecule has 5 rings (SSSR count). The van der Waals surface area contributed by atoms with Crippen molar-refractivity contribution in [2.75, 3.05) is 31.5 Å². The van der Waals surface area contributed by atoms with Crippen molar-refractivity contribution in [3.05, 3.63) is 41.6 Å². The van der Waals surface area contributed by atoms with Crippen molar-refractivity contribution < 1.29 is 13.2 Å². The van der Waals surface area contributed by atoms with Crippen molar-refractivity contribution in [2.45, 2.75) is 69.4 Å². The Morgan fingerprint density at radius 2 is 1.86 bits per heavy atom. The van der Waals surface area contributed by atoms with Crippen LogP contribution in [0.1, 0.15) is 69.5 Å². The topological polar surface area (TPSA) is 114 Å². The molecule has 10 nitrogen and oxygen atoms in total. The number of fused-ring (bicyclic) bond motifs is 1. The van der Waals surface area contributed by atoms with Crippen molar-refractivity contribution in [3.63, 3.8) is 0 Å². The predicted molar refractivity (Wildman–Crippen MR) is 138 cm³/mol. The number of rotatable bonds is 8. The van der Waals surface area contributed by atoms with E-state index in [0.29, 0.717) is 41.2 Å². The van der Waals surface area contributed by atoms with Gasteiger partial charge in [0.15, 0.2) is 5.65 Å². The average molecular weight is 514 g/mol. The van der Waals surface area contributed by atoms with Gasteiger partial charge in [-0.2, -0.15) is 23.9 Å². The van der Waals surface area contributed by atoms with Crippen LogP contribution in [0, 0.1) is 0 Å². The number of ether oxygens (including phenoxy) is 1. The van der Waals surface area contributed by atoms with E-state index in [0.717, 1.165) is 44.3 Å². The van der Waals surface area contributed by atoms with Gasteiger partial charge in [-0.15, -0.1) is 0 Å². The molecule has 36 heavy (non-hydrogen) atoms. The smallest absolute Gasteiger partial charge is 0.322 e. The molecule has 0 spiro atoms. The van der Waals surface area contributed by atoms with Gasteiger partial charge in [-0.05, 0) is 56.7 Å². The summed E-state index contributed by atoms with van der Waals surface area (Å²) in [6, 6.07) is 7.12. The Balaban J connectivity index is 1.50. The van der Waals surface area contributed by atoms with Gasteiger partial charge in [-0.1, -0.05) is 32.0 Å². The first kappa shape index (κ1) is 24.9. The van der Waals surface area contributed by atoms with Gasteiger partial charge in [-0.25, -0.2) is 8.42 Å². The molecule has 2 atom stereocenters. The molecule has 2 aromatic heterocycles. The lowest BCUT2D eigenvalue weighted by atomic mass is 10.1. The molecule has 1 unspecified atom stereocenters. The van der Waals surface area contributed by atoms with Gasteiger partial charge in [0, 0.05) is 25.2 Å². The fourth-order valence-electron chi connectivity index (χ4n) is 4.91. The summed E-state index contributed by atoms with van der Waals surface area (Å²) in [5.41, 5.74) is 2.37. The van der Waals surface area contributed by atoms with E-state index in [-0.39, 0.29) is 18.1 Å². The van der Waals surface area contributed by atoms with Crippen LogP contribution < -0.4 is 15.4 Å². The molecule has 1 aromatic carbocycles. The lowest BCUT2D eigenvalue weighted by Crippen LogP contribution is -2.37. The van der Waals surface area contributed by atoms with E-state index in [2.05, 4.69) is 34.6 Å². The van der Waals surface area contributed by atoms with Crippen LogP contribution in [0.5, 0.6) is 6.01 Å². The van der Waals surface area contributed by atoms with E-state index in [1.54, 1.807) is 21.0 Å². The zero-order valence-electron chi connectivity index (χ0n) is 21.1. The molecule has 0 amide bonds. The molecule has 2 N–H and O–H groups in total. The van der Waals surface area contributed by atoms with E-state index in [1.165, 1.54) is 0 Å². The van der Waals surface area contributed by atoms with Crippen molar-refractivity contribution in [3.8, 4) is 6.01 Å². The summed E-state index contributed by atoms with van der Waals surface area (Å²) < 4.78 is 36.2. The Hall–Kier alpha value is -2.76. The summed E-state index contributed by atoms with van der Waals surface area (Å²) >= 11 is 0. The normalized spacial score (nSPS) is 20.2. The van der Waals surface area contributed by atoms with E-state index < -0.39 is 10.0 Å². The molecule has 0 bridgehead atoms. The van der Waals surface area contributed by atoms with Crippen LogP contribution in [0.4, 0.5) is 5.95 Å². The number of nitrogens with zero attached hydrogens (tertiary/aromatic N) is 5. The Morgan fingerprint density at radius 1 is 1.08 bits per heavy atom. The van der Waals surface area contributed by atoms with Crippen molar-refractivity contribution in [1.29, 1.82) is 0 Å². The molecule has 0 saturated carbocycles. The van der Waals surface area contributed by atoms with Crippen LogP contribution in [0.3, 0.4) is 0 Å². The number of hydrogen-bond donors (Lipinski definition) is 2. The summed E-state index contributed by atoms with van der Waals surface area (Å²) in [6.45, 7) is 9.00. The first-order chi connectivity index (χ1) is 17.3. The molecule has 4 heterocycles. The first-order valence-electron chi connectivity index (χ1n) is 12.8. The second-order valence-corrected chi connectivity index (χ2v) is 11.8. The number of nitrogens with one attached hydrogen (secondary N) is 2. The fraction of sp³-hybridized carbons (Fsp3) is 0.560. The number of aromatic nitrogens is 4. The zero-order valence-corrected chi connectivity index (χ0v) is 22.0. The Bertz CT molecular complexity index is 1310. The molecule has 11 heteroatoms. The molecule has 3 aromatic rings. The highest BCUT2D eigenvalue weighted by molar-refractivity contribution is 7.89. The fourth-order valence-corrected chi connectivity index (χ4v) is 6.72. The van der Waals surface area contributed by atoms with Crippen LogP contribution in [0.25, 0.3) is 5.65 Å². The van der Waals surface area contributed by atoms with Crippen LogP contribution in [0.2, 0.25) is 0 Å². The quantitative estimate of drug-likeness (QED) is 0.472. The minimum Gasteiger partial charge on any atom is -0.459 e. The highest BCUT2D eigenvalue weighted by Gasteiger charge is 2.30. The van der Waals surface area contributed by atoms with Crippen LogP contribution in [0.15, 0.2) is 35.4 Å². The highest BCUT2D eigenvalue weighted by Crippen LogP contribution is 2.30. The number of piperidine rings is 1. The SMILES string of the molecule is CC(C)c1cnn2c(NC(C)c3ccccc3S(=O)(=O)N3CCCC3)nc(O[C@@H]3CCCNC3)nc12. The molecule has 0 radical (unpaired) electrons. The number of anilines is 1. The summed E-state index contributed by atoms with van der Waals surface area (Å²) in [7, 11) is -3.58. The predicted octanol–water partition coefficient (Wildman–Crippen LogP) is 3.34. The van der Waals surface area contributed by atoms with E-state index >= 15 is 0 Å². The van der Waals surface area contributed by atoms with Gasteiger partial charge in [0.2, 0.25) is 16.0 Å². The standard InChI is InChI=1S/C25H35N7O3S/c1-17(2)21-16-27-32-23(21)29-25(35-19-9-8-12-26-15-19)30-24(32)28-18(3)20-10-4-5-11-22(20)36(33,34)31-13-6-7-14-31/h4-5,10-11,16-19,26H,6-9,12-15H2,1-3H3,(H,28,29,30)/t18?,19-/m1/s1. The lowest BCUT2D eigenvalue weighted by molar-refractivity contribution is 0.153. The maximum absolute atomic E-state index is 13.4. The third kappa shape index (κ3) is 4.91. The van der Waals surface area contributed by atoms with Crippen molar-refractivity contribution >= 4 is 21.6 Å². The Kier molecular flexibility index (Phi) is 7.14. The second-order valence-electron chi connectivity index (χ2n) is 9.92. The third-order valence-corrected chi connectivity index (χ3v) is 8.91. The maximum Gasteiger partial charge on any atom is 0.322 e. The number of hydrogen-bond acceptors (Lipinski definition) is 8. The summed E-state index contributed by atoms with van der Waals surface area (Å²) in [4.78, 5) is 9.69. The molecule has 2 saturated heterocycles. The van der Waals surface area contributed by atoms with Gasteiger partial charge in [0.25, 0.3) is 0 Å². The van der Waals surface area contributed by atoms with Crippen molar-refractivity contribution in [2.24, 2.45) is 0 Å². The molecule has 2 aliphatic heterocycles. The molecule has 194 valence electrons. The van der Waals surface area contributed by atoms with Gasteiger partial charge < -0.3 is 15.4 Å². The number of sulfonamides is 1. The first-order valence-corrected chi connectivity index (χ1v) is 14.3. The van der Waals surface area contributed by atoms with Gasteiger partial charge in [0.05, 0.1) is 17.1 Å². The largest absolute Gasteiger partial charge is 0.459 e. The Labute approximate surface area is 212 Å². The molecule has 0 aliphatic carbocycles. The minimum absolute atomic E-state index is 0.00299. The molecular weight excluding hydrogens is 478 g/mol. The maximum atomic E-state index is 13.4. The Morgan fingerprint density at radius 3 is 2.58 bits per heavy atom.